The third kappa shape index (κ3) is 9.70. The van der Waals surface area contributed by atoms with Crippen LogP contribution < -0.4 is 5.32 Å². The van der Waals surface area contributed by atoms with E-state index in [9.17, 15) is 5.11 Å². The minimum Gasteiger partial charge on any atom is -0.389 e. The molecule has 0 aromatic rings. The van der Waals surface area contributed by atoms with E-state index < -0.39 is 6.10 Å². The smallest absolute Gasteiger partial charge is 0.0897 e. The first kappa shape index (κ1) is 17.9. The Morgan fingerprint density at radius 3 is 2.65 bits per heavy atom. The Morgan fingerprint density at radius 1 is 1.20 bits per heavy atom. The van der Waals surface area contributed by atoms with Gasteiger partial charge in [0.25, 0.3) is 0 Å². The minimum absolute atomic E-state index is 0.416. The highest BCUT2D eigenvalue weighted by Crippen LogP contribution is 2.20. The molecule has 0 aromatic heterocycles. The van der Waals surface area contributed by atoms with Gasteiger partial charge in [0.1, 0.15) is 0 Å². The van der Waals surface area contributed by atoms with Gasteiger partial charge in [-0.1, -0.05) is 26.7 Å². The molecule has 2 N–H and O–H groups in total. The van der Waals surface area contributed by atoms with Crippen molar-refractivity contribution in [2.75, 3.05) is 32.9 Å². The first-order valence-electron chi connectivity index (χ1n) is 8.26. The van der Waals surface area contributed by atoms with E-state index in [4.69, 9.17) is 9.47 Å². The van der Waals surface area contributed by atoms with Gasteiger partial charge in [-0.15, -0.1) is 0 Å². The quantitative estimate of drug-likeness (QED) is 0.541. The molecule has 0 radical (unpaired) electrons. The summed E-state index contributed by atoms with van der Waals surface area (Å²) in [5.41, 5.74) is 0. The Bertz CT molecular complexity index is 218. The lowest BCUT2D eigenvalue weighted by atomic mass is 10.1. The van der Waals surface area contributed by atoms with Crippen molar-refractivity contribution in [3.05, 3.63) is 0 Å². The maximum Gasteiger partial charge on any atom is 0.0897 e. The van der Waals surface area contributed by atoms with Crippen LogP contribution >= 0.6 is 0 Å². The van der Waals surface area contributed by atoms with Crippen molar-refractivity contribution in [2.45, 2.75) is 64.6 Å². The summed E-state index contributed by atoms with van der Waals surface area (Å²) < 4.78 is 11.2. The SMILES string of the molecule is CC(C)CCCOCC(O)CNCCOC1CCCC1. The first-order valence-corrected chi connectivity index (χ1v) is 8.26. The maximum atomic E-state index is 9.74. The predicted octanol–water partition coefficient (Wildman–Crippen LogP) is 2.35. The summed E-state index contributed by atoms with van der Waals surface area (Å²) in [5, 5.41) is 13.0. The van der Waals surface area contributed by atoms with Crippen LogP contribution in [0.15, 0.2) is 0 Å². The van der Waals surface area contributed by atoms with Crippen LogP contribution in [0.25, 0.3) is 0 Å². The van der Waals surface area contributed by atoms with Gasteiger partial charge in [0.05, 0.1) is 25.4 Å². The molecule has 1 aliphatic carbocycles. The molecule has 0 bridgehead atoms. The third-order valence-electron chi connectivity index (χ3n) is 3.69. The van der Waals surface area contributed by atoms with Crippen LogP contribution in [0.4, 0.5) is 0 Å². The van der Waals surface area contributed by atoms with Crippen LogP contribution in [0.2, 0.25) is 0 Å². The van der Waals surface area contributed by atoms with Gasteiger partial charge in [0.15, 0.2) is 0 Å². The molecule has 0 heterocycles. The van der Waals surface area contributed by atoms with E-state index in [1.165, 1.54) is 32.1 Å². The summed E-state index contributed by atoms with van der Waals surface area (Å²) in [6, 6.07) is 0. The third-order valence-corrected chi connectivity index (χ3v) is 3.69. The molecule has 0 aromatic carbocycles. The molecule has 120 valence electrons. The molecule has 1 rings (SSSR count). The average molecular weight is 287 g/mol. The van der Waals surface area contributed by atoms with Crippen LogP contribution in [0.1, 0.15) is 52.4 Å². The number of rotatable bonds is 12. The Balaban J connectivity index is 1.81. The van der Waals surface area contributed by atoms with Crippen LogP contribution in [0, 0.1) is 5.92 Å². The summed E-state index contributed by atoms with van der Waals surface area (Å²) >= 11 is 0. The van der Waals surface area contributed by atoms with E-state index in [1.54, 1.807) is 0 Å². The van der Waals surface area contributed by atoms with Crippen molar-refractivity contribution in [1.29, 1.82) is 0 Å². The van der Waals surface area contributed by atoms with E-state index in [-0.39, 0.29) is 0 Å². The van der Waals surface area contributed by atoms with Gasteiger partial charge >= 0.3 is 0 Å². The maximum absolute atomic E-state index is 9.74. The fourth-order valence-electron chi connectivity index (χ4n) is 2.49. The molecule has 0 spiro atoms. The first-order chi connectivity index (χ1) is 9.68. The van der Waals surface area contributed by atoms with Gasteiger partial charge in [0, 0.05) is 19.7 Å². The van der Waals surface area contributed by atoms with Gasteiger partial charge in [-0.2, -0.15) is 0 Å². The van der Waals surface area contributed by atoms with Gasteiger partial charge < -0.3 is 19.9 Å². The lowest BCUT2D eigenvalue weighted by molar-refractivity contribution is 0.0304. The van der Waals surface area contributed by atoms with E-state index in [0.29, 0.717) is 19.3 Å². The second-order valence-corrected chi connectivity index (χ2v) is 6.25. The number of hydrogen-bond donors (Lipinski definition) is 2. The lowest BCUT2D eigenvalue weighted by Crippen LogP contribution is -2.33. The van der Waals surface area contributed by atoms with Gasteiger partial charge in [-0.25, -0.2) is 0 Å². The van der Waals surface area contributed by atoms with Crippen LogP contribution in [0.3, 0.4) is 0 Å². The largest absolute Gasteiger partial charge is 0.389 e. The molecule has 1 unspecified atom stereocenters. The normalized spacial score (nSPS) is 18.0. The molecule has 20 heavy (non-hydrogen) atoms. The summed E-state index contributed by atoms with van der Waals surface area (Å²) in [5.74, 6) is 0.727. The summed E-state index contributed by atoms with van der Waals surface area (Å²) in [7, 11) is 0. The monoisotopic (exact) mass is 287 g/mol. The second kappa shape index (κ2) is 11.5. The van der Waals surface area contributed by atoms with Crippen LogP contribution in [-0.2, 0) is 9.47 Å². The topological polar surface area (TPSA) is 50.7 Å². The molecule has 1 fully saturated rings. The molecule has 0 amide bonds. The highest BCUT2D eigenvalue weighted by molar-refractivity contribution is 4.67. The number of hydrogen-bond acceptors (Lipinski definition) is 4. The Kier molecular flexibility index (Phi) is 10.3. The van der Waals surface area contributed by atoms with Crippen molar-refractivity contribution < 1.29 is 14.6 Å². The fourth-order valence-corrected chi connectivity index (χ4v) is 2.49. The molecule has 4 heteroatoms. The average Bonchev–Trinajstić information content (AvgIpc) is 2.90. The zero-order chi connectivity index (χ0) is 14.6. The Morgan fingerprint density at radius 2 is 1.95 bits per heavy atom. The molecule has 1 atom stereocenters. The van der Waals surface area contributed by atoms with Crippen molar-refractivity contribution >= 4 is 0 Å². The zero-order valence-electron chi connectivity index (χ0n) is 13.3. The predicted molar refractivity (Wildman–Crippen MR) is 82.0 cm³/mol. The van der Waals surface area contributed by atoms with E-state index in [2.05, 4.69) is 19.2 Å². The second-order valence-electron chi connectivity index (χ2n) is 6.25. The molecule has 4 nitrogen and oxygen atoms in total. The van der Waals surface area contributed by atoms with Crippen molar-refractivity contribution in [3.8, 4) is 0 Å². The van der Waals surface area contributed by atoms with Gasteiger partial charge in [-0.05, 0) is 31.6 Å². The van der Waals surface area contributed by atoms with Crippen LogP contribution in [-0.4, -0.2) is 50.2 Å². The minimum atomic E-state index is -0.416. The molecule has 1 saturated carbocycles. The molecule has 0 saturated heterocycles. The zero-order valence-corrected chi connectivity index (χ0v) is 13.3. The Labute approximate surface area is 124 Å². The number of nitrogens with one attached hydrogen (secondary N) is 1. The summed E-state index contributed by atoms with van der Waals surface area (Å²) in [4.78, 5) is 0. The summed E-state index contributed by atoms with van der Waals surface area (Å²) in [6.07, 6.45) is 7.38. The van der Waals surface area contributed by atoms with E-state index in [1.807, 2.05) is 0 Å². The van der Waals surface area contributed by atoms with Crippen LogP contribution in [0.5, 0.6) is 0 Å². The number of ether oxygens (including phenoxy) is 2. The van der Waals surface area contributed by atoms with Crippen molar-refractivity contribution in [3.63, 3.8) is 0 Å². The number of aliphatic hydroxyl groups excluding tert-OH is 1. The molecule has 0 aliphatic heterocycles. The van der Waals surface area contributed by atoms with Crippen molar-refractivity contribution in [2.24, 2.45) is 5.92 Å². The standard InChI is InChI=1S/C16H33NO3/c1-14(2)6-5-10-19-13-15(18)12-17-9-11-20-16-7-3-4-8-16/h14-18H,3-13H2,1-2H3. The van der Waals surface area contributed by atoms with Crippen molar-refractivity contribution in [1.82, 2.24) is 5.32 Å². The highest BCUT2D eigenvalue weighted by Gasteiger charge is 2.14. The van der Waals surface area contributed by atoms with E-state index in [0.717, 1.165) is 32.1 Å². The molecular weight excluding hydrogens is 254 g/mol. The Hall–Kier alpha value is -0.160. The van der Waals surface area contributed by atoms with E-state index >= 15 is 0 Å². The summed E-state index contributed by atoms with van der Waals surface area (Å²) in [6.45, 7) is 7.74. The van der Waals surface area contributed by atoms with Gasteiger partial charge in [0.2, 0.25) is 0 Å². The van der Waals surface area contributed by atoms with Gasteiger partial charge in [-0.3, -0.25) is 0 Å². The molecule has 1 aliphatic rings. The molecular formula is C16H33NO3. The highest BCUT2D eigenvalue weighted by atomic mass is 16.5. The number of aliphatic hydroxyl groups is 1. The lowest BCUT2D eigenvalue weighted by Gasteiger charge is -2.14. The fraction of sp³-hybridized carbons (Fsp3) is 1.00.